The van der Waals surface area contributed by atoms with Crippen LogP contribution in [0, 0.1) is 0 Å². The van der Waals surface area contributed by atoms with Gasteiger partial charge in [-0.15, -0.1) is 0 Å². The molecule has 1 heterocycles. The molecule has 0 spiro atoms. The zero-order valence-corrected chi connectivity index (χ0v) is 11.5. The second-order valence-corrected chi connectivity index (χ2v) is 6.32. The summed E-state index contributed by atoms with van der Waals surface area (Å²) < 4.78 is 17.1. The Morgan fingerprint density at radius 1 is 1.56 bits per heavy atom. The van der Waals surface area contributed by atoms with E-state index in [-0.39, 0.29) is 11.2 Å². The van der Waals surface area contributed by atoms with Crippen molar-refractivity contribution in [3.8, 4) is 0 Å². The molecule has 6 heteroatoms. The Balaban J connectivity index is 2.43. The highest BCUT2D eigenvalue weighted by atomic mass is 32.2. The molecular weight excluding hydrogens is 252 g/mol. The third kappa shape index (κ3) is 4.27. The van der Waals surface area contributed by atoms with E-state index in [2.05, 4.69) is 5.32 Å². The average Bonchev–Trinajstić information content (AvgIpc) is 2.87. The largest absolute Gasteiger partial charge is 0.467 e. The fourth-order valence-electron chi connectivity index (χ4n) is 1.54. The lowest BCUT2D eigenvalue weighted by atomic mass is 10.3. The molecule has 102 valence electrons. The maximum absolute atomic E-state index is 12.0. The molecular formula is C12H20N2O3S. The molecule has 0 aliphatic heterocycles. The summed E-state index contributed by atoms with van der Waals surface area (Å²) >= 11 is 0. The van der Waals surface area contributed by atoms with Crippen molar-refractivity contribution in [3.63, 3.8) is 0 Å². The Hall–Kier alpha value is -1.14. The number of nitrogens with two attached hydrogens (primary N) is 1. The number of carbonyl (C=O) groups excluding carboxylic acids is 1. The van der Waals surface area contributed by atoms with Gasteiger partial charge >= 0.3 is 0 Å². The molecule has 0 fully saturated rings. The van der Waals surface area contributed by atoms with Crippen molar-refractivity contribution in [2.45, 2.75) is 37.3 Å². The monoisotopic (exact) mass is 272 g/mol. The van der Waals surface area contributed by atoms with Gasteiger partial charge in [0.05, 0.1) is 12.8 Å². The summed E-state index contributed by atoms with van der Waals surface area (Å²) in [7, 11) is -1.21. The van der Waals surface area contributed by atoms with Crippen molar-refractivity contribution in [2.24, 2.45) is 5.73 Å². The summed E-state index contributed by atoms with van der Waals surface area (Å²) in [5.74, 6) is 0.449. The fourth-order valence-corrected chi connectivity index (χ4v) is 2.90. The molecule has 1 rings (SSSR count). The Kier molecular flexibility index (Phi) is 6.07. The summed E-state index contributed by atoms with van der Waals surface area (Å²) in [6, 6.07) is 3.53. The number of hydrogen-bond donors (Lipinski definition) is 2. The summed E-state index contributed by atoms with van der Waals surface area (Å²) in [5, 5.41) is 2.10. The van der Waals surface area contributed by atoms with Gasteiger partial charge < -0.3 is 15.5 Å². The van der Waals surface area contributed by atoms with E-state index >= 15 is 0 Å². The first-order valence-corrected chi connectivity index (χ1v) is 7.23. The highest BCUT2D eigenvalue weighted by molar-refractivity contribution is 7.87. The Morgan fingerprint density at radius 3 is 2.83 bits per heavy atom. The minimum absolute atomic E-state index is 0.0700. The zero-order chi connectivity index (χ0) is 13.5. The predicted octanol–water partition coefficient (Wildman–Crippen LogP) is 0.770. The van der Waals surface area contributed by atoms with Gasteiger partial charge in [-0.2, -0.15) is 0 Å². The van der Waals surface area contributed by atoms with Crippen LogP contribution in [0.15, 0.2) is 22.8 Å². The van der Waals surface area contributed by atoms with E-state index in [1.54, 1.807) is 25.3 Å². The van der Waals surface area contributed by atoms with Crippen LogP contribution < -0.4 is 11.1 Å². The van der Waals surface area contributed by atoms with E-state index in [1.807, 2.05) is 6.92 Å². The third-order valence-electron chi connectivity index (χ3n) is 2.70. The molecule has 0 bridgehead atoms. The Bertz CT molecular complexity index is 392. The molecule has 0 aliphatic carbocycles. The van der Waals surface area contributed by atoms with Gasteiger partial charge in [0, 0.05) is 16.0 Å². The first-order valence-electron chi connectivity index (χ1n) is 5.95. The van der Waals surface area contributed by atoms with Crippen LogP contribution in [0.25, 0.3) is 0 Å². The van der Waals surface area contributed by atoms with E-state index < -0.39 is 16.0 Å². The van der Waals surface area contributed by atoms with Gasteiger partial charge in [-0.3, -0.25) is 9.00 Å². The van der Waals surface area contributed by atoms with E-state index in [1.165, 1.54) is 0 Å². The second kappa shape index (κ2) is 7.33. The maximum Gasteiger partial charge on any atom is 0.235 e. The molecule has 3 unspecified atom stereocenters. The summed E-state index contributed by atoms with van der Waals surface area (Å²) in [4.78, 5) is 11.8. The molecule has 3 atom stereocenters. The number of rotatable bonds is 7. The molecule has 5 nitrogen and oxygen atoms in total. The molecule has 1 aromatic rings. The van der Waals surface area contributed by atoms with Crippen LogP contribution in [0.1, 0.15) is 26.0 Å². The predicted molar refractivity (Wildman–Crippen MR) is 71.3 cm³/mol. The average molecular weight is 272 g/mol. The summed E-state index contributed by atoms with van der Waals surface area (Å²) in [6.45, 7) is 4.31. The lowest BCUT2D eigenvalue weighted by Crippen LogP contribution is -2.38. The van der Waals surface area contributed by atoms with Crippen molar-refractivity contribution in [3.05, 3.63) is 24.2 Å². The molecule has 18 heavy (non-hydrogen) atoms. The van der Waals surface area contributed by atoms with E-state index in [4.69, 9.17) is 10.2 Å². The van der Waals surface area contributed by atoms with Crippen molar-refractivity contribution in [1.82, 2.24) is 5.32 Å². The van der Waals surface area contributed by atoms with Gasteiger partial charge in [-0.1, -0.05) is 6.92 Å². The first-order chi connectivity index (χ1) is 8.56. The van der Waals surface area contributed by atoms with Gasteiger partial charge in [-0.05, 0) is 32.0 Å². The van der Waals surface area contributed by atoms with Gasteiger partial charge in [-0.25, -0.2) is 0 Å². The smallest absolute Gasteiger partial charge is 0.235 e. The van der Waals surface area contributed by atoms with Gasteiger partial charge in [0.25, 0.3) is 0 Å². The van der Waals surface area contributed by atoms with Crippen LogP contribution in [0.5, 0.6) is 0 Å². The molecule has 3 N–H and O–H groups in total. The standard InChI is InChI=1S/C12H20N2O3S/c1-9(5-6-13)18(16)10(2)12(15)14-8-11-4-3-7-17-11/h3-4,7,9-10H,5-6,8,13H2,1-2H3,(H,14,15). The van der Waals surface area contributed by atoms with E-state index in [9.17, 15) is 9.00 Å². The molecule has 1 amide bonds. The summed E-state index contributed by atoms with van der Waals surface area (Å²) in [6.07, 6.45) is 2.20. The Morgan fingerprint density at radius 2 is 2.28 bits per heavy atom. The molecule has 0 saturated carbocycles. The van der Waals surface area contributed by atoms with Gasteiger partial charge in [0.2, 0.25) is 5.91 Å². The third-order valence-corrected chi connectivity index (χ3v) is 4.64. The van der Waals surface area contributed by atoms with Crippen molar-refractivity contribution >= 4 is 16.7 Å². The van der Waals surface area contributed by atoms with Crippen LogP contribution in [-0.2, 0) is 22.1 Å². The number of amides is 1. The van der Waals surface area contributed by atoms with Crippen LogP contribution in [-0.4, -0.2) is 27.2 Å². The van der Waals surface area contributed by atoms with Crippen molar-refractivity contribution in [2.75, 3.05) is 6.54 Å². The minimum atomic E-state index is -1.21. The van der Waals surface area contributed by atoms with Gasteiger partial charge in [0.1, 0.15) is 11.0 Å². The SMILES string of the molecule is CC(CCN)S(=O)C(C)C(=O)NCc1ccco1. The van der Waals surface area contributed by atoms with Crippen LogP contribution >= 0.6 is 0 Å². The highest BCUT2D eigenvalue weighted by Crippen LogP contribution is 2.08. The normalized spacial score (nSPS) is 15.9. The van der Waals surface area contributed by atoms with E-state index in [0.29, 0.717) is 25.3 Å². The van der Waals surface area contributed by atoms with Crippen molar-refractivity contribution < 1.29 is 13.4 Å². The lowest BCUT2D eigenvalue weighted by Gasteiger charge is -2.16. The minimum Gasteiger partial charge on any atom is -0.467 e. The number of nitrogens with one attached hydrogen (secondary N) is 1. The first kappa shape index (κ1) is 14.9. The van der Waals surface area contributed by atoms with Crippen LogP contribution in [0.2, 0.25) is 0 Å². The molecule has 0 aliphatic rings. The van der Waals surface area contributed by atoms with Crippen LogP contribution in [0.4, 0.5) is 0 Å². The number of hydrogen-bond acceptors (Lipinski definition) is 4. The van der Waals surface area contributed by atoms with Crippen LogP contribution in [0.3, 0.4) is 0 Å². The second-order valence-electron chi connectivity index (χ2n) is 4.16. The summed E-state index contributed by atoms with van der Waals surface area (Å²) in [5.41, 5.74) is 5.42. The van der Waals surface area contributed by atoms with E-state index in [0.717, 1.165) is 0 Å². The lowest BCUT2D eigenvalue weighted by molar-refractivity contribution is -0.120. The molecule has 0 saturated heterocycles. The zero-order valence-electron chi connectivity index (χ0n) is 10.7. The fraction of sp³-hybridized carbons (Fsp3) is 0.583. The molecule has 0 radical (unpaired) electrons. The quantitative estimate of drug-likeness (QED) is 0.767. The topological polar surface area (TPSA) is 85.3 Å². The highest BCUT2D eigenvalue weighted by Gasteiger charge is 2.23. The molecule has 1 aromatic heterocycles. The van der Waals surface area contributed by atoms with Gasteiger partial charge in [0.15, 0.2) is 0 Å². The van der Waals surface area contributed by atoms with Crippen molar-refractivity contribution in [1.29, 1.82) is 0 Å². The number of carbonyl (C=O) groups is 1. The molecule has 0 aromatic carbocycles. The maximum atomic E-state index is 12.0. The Labute approximate surface area is 110 Å². The number of furan rings is 1.